The molecular weight excluding hydrogens is 586 g/mol. The summed E-state index contributed by atoms with van der Waals surface area (Å²) in [6.07, 6.45) is 0. The third-order valence-corrected chi connectivity index (χ3v) is 8.03. The lowest BCUT2D eigenvalue weighted by Gasteiger charge is -2.29. The average Bonchev–Trinajstić information content (AvgIpc) is 3.29. The maximum atomic E-state index is 13.7. The summed E-state index contributed by atoms with van der Waals surface area (Å²) in [5.41, 5.74) is 4.90. The minimum Gasteiger partial charge on any atom is -0.496 e. The second kappa shape index (κ2) is 11.2. The fraction of sp³-hybridized carbons (Fsp3) is 0.179. The van der Waals surface area contributed by atoms with Crippen LogP contribution < -0.4 is 15.4 Å². The fourth-order valence-corrected chi connectivity index (χ4v) is 6.00. The molecule has 1 aliphatic rings. The number of methoxy groups -OCH3 is 1. The molecule has 1 unspecified atom stereocenters. The highest BCUT2D eigenvalue weighted by Crippen LogP contribution is 2.39. The van der Waals surface area contributed by atoms with E-state index < -0.39 is 6.04 Å². The summed E-state index contributed by atoms with van der Waals surface area (Å²) in [5, 5.41) is 12.4. The van der Waals surface area contributed by atoms with Gasteiger partial charge in [-0.2, -0.15) is 4.98 Å². The van der Waals surface area contributed by atoms with Crippen molar-refractivity contribution in [3.8, 4) is 5.75 Å². The minimum absolute atomic E-state index is 0.219. The molecule has 4 aromatic rings. The van der Waals surface area contributed by atoms with Crippen LogP contribution in [0.25, 0.3) is 0 Å². The number of aryl methyl sites for hydroxylation is 1. The maximum absolute atomic E-state index is 13.7. The Labute approximate surface area is 238 Å². The summed E-state index contributed by atoms with van der Waals surface area (Å²) in [6, 6.07) is 20.7. The van der Waals surface area contributed by atoms with Gasteiger partial charge in [-0.1, -0.05) is 59.8 Å². The summed E-state index contributed by atoms with van der Waals surface area (Å²) in [5.74, 6) is 1.66. The van der Waals surface area contributed by atoms with Gasteiger partial charge in [0.2, 0.25) is 11.1 Å². The van der Waals surface area contributed by atoms with Crippen LogP contribution in [-0.4, -0.2) is 27.8 Å². The normalized spacial score (nSPS) is 14.6. The molecule has 38 heavy (non-hydrogen) atoms. The van der Waals surface area contributed by atoms with Gasteiger partial charge < -0.3 is 15.4 Å². The Hall–Kier alpha value is -3.27. The van der Waals surface area contributed by atoms with Gasteiger partial charge in [0.15, 0.2) is 0 Å². The first kappa shape index (κ1) is 26.3. The van der Waals surface area contributed by atoms with Crippen LogP contribution in [0.15, 0.2) is 87.6 Å². The summed E-state index contributed by atoms with van der Waals surface area (Å²) in [7, 11) is 1.62. The highest BCUT2D eigenvalue weighted by molar-refractivity contribution is 9.10. The zero-order chi connectivity index (χ0) is 26.8. The van der Waals surface area contributed by atoms with Crippen LogP contribution in [0.4, 0.5) is 11.6 Å². The molecule has 10 heteroatoms. The largest absolute Gasteiger partial charge is 0.496 e. The van der Waals surface area contributed by atoms with E-state index in [1.807, 2.05) is 80.6 Å². The Kier molecular flexibility index (Phi) is 7.78. The molecular formula is C28H25BrClN5O2S. The van der Waals surface area contributed by atoms with Crippen molar-refractivity contribution in [2.45, 2.75) is 30.8 Å². The van der Waals surface area contributed by atoms with Crippen LogP contribution in [0.5, 0.6) is 5.75 Å². The van der Waals surface area contributed by atoms with Crippen LogP contribution in [0.3, 0.4) is 0 Å². The lowest BCUT2D eigenvalue weighted by Crippen LogP contribution is -2.31. The first-order chi connectivity index (χ1) is 18.3. The predicted molar refractivity (Wildman–Crippen MR) is 156 cm³/mol. The number of carbonyl (C=O) groups excluding carboxylic acids is 1. The van der Waals surface area contributed by atoms with Crippen LogP contribution >= 0.6 is 39.3 Å². The number of allylic oxidation sites excluding steroid dienone is 1. The Morgan fingerprint density at radius 2 is 1.97 bits per heavy atom. The van der Waals surface area contributed by atoms with Crippen LogP contribution in [0.1, 0.15) is 29.7 Å². The van der Waals surface area contributed by atoms with Crippen molar-refractivity contribution in [3.05, 3.63) is 104 Å². The van der Waals surface area contributed by atoms with E-state index in [4.69, 9.17) is 26.4 Å². The van der Waals surface area contributed by atoms with Gasteiger partial charge in [0, 0.05) is 22.2 Å². The number of rotatable bonds is 7. The number of nitrogens with zero attached hydrogens (tertiary/aromatic N) is 3. The van der Waals surface area contributed by atoms with E-state index in [0.29, 0.717) is 38.9 Å². The van der Waals surface area contributed by atoms with Crippen molar-refractivity contribution < 1.29 is 9.53 Å². The predicted octanol–water partition coefficient (Wildman–Crippen LogP) is 7.23. The number of benzene rings is 3. The number of carbonyl (C=O) groups is 1. The Balaban J connectivity index is 1.52. The van der Waals surface area contributed by atoms with E-state index in [1.165, 1.54) is 11.8 Å². The van der Waals surface area contributed by atoms with Gasteiger partial charge in [-0.25, -0.2) is 4.68 Å². The van der Waals surface area contributed by atoms with E-state index >= 15 is 0 Å². The molecule has 194 valence electrons. The molecule has 0 spiro atoms. The lowest BCUT2D eigenvalue weighted by atomic mass is 9.95. The standard InChI is InChI=1S/C28H25BrClN5O2S/c1-16-7-6-9-20(13-16)32-26(36)24-17(2)31-27-33-28(38-15-19-8-4-5-10-22(19)30)34-35(27)25(24)18-11-12-23(37-3)21(29)14-18/h4-14,25H,15H2,1-3H3,(H,32,36)(H,31,33,34). The number of hydrogen-bond donors (Lipinski definition) is 2. The summed E-state index contributed by atoms with van der Waals surface area (Å²) >= 11 is 11.4. The Morgan fingerprint density at radius 1 is 1.16 bits per heavy atom. The SMILES string of the molecule is COc1ccc(C2C(C(=O)Nc3cccc(C)c3)=C(C)Nc3nc(SCc4ccccc4Cl)nn32)cc1Br. The number of anilines is 2. The molecule has 1 amide bonds. The molecule has 0 aliphatic carbocycles. The number of ether oxygens (including phenoxy) is 1. The third kappa shape index (κ3) is 5.45. The number of hydrogen-bond acceptors (Lipinski definition) is 6. The number of amides is 1. The van der Waals surface area contributed by atoms with Crippen molar-refractivity contribution >= 4 is 56.8 Å². The Morgan fingerprint density at radius 3 is 2.71 bits per heavy atom. The first-order valence-electron chi connectivity index (χ1n) is 11.9. The molecule has 2 N–H and O–H groups in total. The van der Waals surface area contributed by atoms with Crippen molar-refractivity contribution in [3.63, 3.8) is 0 Å². The second-order valence-electron chi connectivity index (χ2n) is 8.83. The number of nitrogens with one attached hydrogen (secondary N) is 2. The van der Waals surface area contributed by atoms with E-state index in [0.717, 1.165) is 26.9 Å². The molecule has 0 saturated carbocycles. The number of fused-ring (bicyclic) bond motifs is 1. The molecule has 0 bridgehead atoms. The molecule has 7 nitrogen and oxygen atoms in total. The minimum atomic E-state index is -0.513. The quantitative estimate of drug-likeness (QED) is 0.215. The maximum Gasteiger partial charge on any atom is 0.255 e. The monoisotopic (exact) mass is 609 g/mol. The number of thioether (sulfide) groups is 1. The first-order valence-corrected chi connectivity index (χ1v) is 14.0. The summed E-state index contributed by atoms with van der Waals surface area (Å²) in [4.78, 5) is 18.4. The molecule has 1 aromatic heterocycles. The van der Waals surface area contributed by atoms with E-state index in [-0.39, 0.29) is 5.91 Å². The van der Waals surface area contributed by atoms with Crippen molar-refractivity contribution in [1.82, 2.24) is 14.8 Å². The topological polar surface area (TPSA) is 81.1 Å². The van der Waals surface area contributed by atoms with E-state index in [1.54, 1.807) is 11.8 Å². The molecule has 5 rings (SSSR count). The Bertz CT molecular complexity index is 1550. The number of aromatic nitrogens is 3. The molecule has 0 radical (unpaired) electrons. The van der Waals surface area contributed by atoms with Gasteiger partial charge in [-0.15, -0.1) is 5.10 Å². The highest BCUT2D eigenvalue weighted by atomic mass is 79.9. The van der Waals surface area contributed by atoms with Gasteiger partial charge in [0.25, 0.3) is 5.91 Å². The smallest absolute Gasteiger partial charge is 0.255 e. The van der Waals surface area contributed by atoms with Crippen molar-refractivity contribution in [2.75, 3.05) is 17.7 Å². The van der Waals surface area contributed by atoms with Gasteiger partial charge in [0.05, 0.1) is 17.2 Å². The van der Waals surface area contributed by atoms with Gasteiger partial charge in [-0.3, -0.25) is 4.79 Å². The fourth-order valence-electron chi connectivity index (χ4n) is 4.33. The molecule has 1 atom stereocenters. The highest BCUT2D eigenvalue weighted by Gasteiger charge is 2.35. The molecule has 1 aliphatic heterocycles. The van der Waals surface area contributed by atoms with Crippen LogP contribution in [-0.2, 0) is 10.5 Å². The molecule has 2 heterocycles. The molecule has 0 saturated heterocycles. The average molecular weight is 611 g/mol. The van der Waals surface area contributed by atoms with Gasteiger partial charge in [0.1, 0.15) is 11.8 Å². The summed E-state index contributed by atoms with van der Waals surface area (Å²) in [6.45, 7) is 3.87. The van der Waals surface area contributed by atoms with Crippen LogP contribution in [0, 0.1) is 6.92 Å². The van der Waals surface area contributed by atoms with Gasteiger partial charge >= 0.3 is 0 Å². The van der Waals surface area contributed by atoms with Crippen molar-refractivity contribution in [1.29, 1.82) is 0 Å². The summed E-state index contributed by atoms with van der Waals surface area (Å²) < 4.78 is 7.98. The lowest BCUT2D eigenvalue weighted by molar-refractivity contribution is -0.113. The molecule has 3 aromatic carbocycles. The van der Waals surface area contributed by atoms with E-state index in [9.17, 15) is 4.79 Å². The molecule has 0 fully saturated rings. The zero-order valence-corrected chi connectivity index (χ0v) is 24.1. The number of halogens is 2. The van der Waals surface area contributed by atoms with E-state index in [2.05, 4.69) is 26.6 Å². The van der Waals surface area contributed by atoms with Crippen molar-refractivity contribution in [2.24, 2.45) is 0 Å². The van der Waals surface area contributed by atoms with Crippen LogP contribution in [0.2, 0.25) is 5.02 Å². The third-order valence-electron chi connectivity index (χ3n) is 6.16. The zero-order valence-electron chi connectivity index (χ0n) is 21.0. The van der Waals surface area contributed by atoms with Gasteiger partial charge in [-0.05, 0) is 76.8 Å². The second-order valence-corrected chi connectivity index (χ2v) is 11.0.